The number of guanidine groups is 1. The number of nitrogens with zero attached hydrogens (tertiary/aromatic N) is 1. The molecular formula is C16H26IN3. The summed E-state index contributed by atoms with van der Waals surface area (Å²) in [6, 6.07) is 10.7. The Morgan fingerprint density at radius 3 is 2.45 bits per heavy atom. The van der Waals surface area contributed by atoms with Crippen LogP contribution < -0.4 is 11.1 Å². The van der Waals surface area contributed by atoms with E-state index in [0.717, 1.165) is 13.1 Å². The van der Waals surface area contributed by atoms with Crippen LogP contribution in [0.25, 0.3) is 0 Å². The largest absolute Gasteiger partial charge is 0.370 e. The Bertz CT molecular complexity index is 425. The first-order valence-corrected chi connectivity index (χ1v) is 7.22. The van der Waals surface area contributed by atoms with Crippen LogP contribution in [0.1, 0.15) is 38.7 Å². The zero-order valence-electron chi connectivity index (χ0n) is 12.4. The van der Waals surface area contributed by atoms with Crippen molar-refractivity contribution in [1.82, 2.24) is 5.32 Å². The minimum Gasteiger partial charge on any atom is -0.370 e. The fourth-order valence-corrected chi connectivity index (χ4v) is 2.53. The van der Waals surface area contributed by atoms with Gasteiger partial charge < -0.3 is 11.1 Å². The summed E-state index contributed by atoms with van der Waals surface area (Å²) >= 11 is 0. The van der Waals surface area contributed by atoms with Crippen LogP contribution in [-0.2, 0) is 5.41 Å². The Balaban J connectivity index is 0.00000200. The van der Waals surface area contributed by atoms with Crippen molar-refractivity contribution in [1.29, 1.82) is 0 Å². The summed E-state index contributed by atoms with van der Waals surface area (Å²) < 4.78 is 0. The van der Waals surface area contributed by atoms with Gasteiger partial charge in [0.1, 0.15) is 0 Å². The number of halogens is 1. The minimum absolute atomic E-state index is 0. The van der Waals surface area contributed by atoms with Crippen molar-refractivity contribution < 1.29 is 0 Å². The number of rotatable bonds is 5. The SMILES string of the molecule is CC(C)CNC(N)=NCC1(c2ccccc2)CCC1.I. The van der Waals surface area contributed by atoms with Crippen LogP contribution in [0.15, 0.2) is 35.3 Å². The van der Waals surface area contributed by atoms with Crippen LogP contribution in [0.2, 0.25) is 0 Å². The lowest BCUT2D eigenvalue weighted by atomic mass is 9.64. The van der Waals surface area contributed by atoms with Crippen molar-refractivity contribution in [3.63, 3.8) is 0 Å². The molecule has 1 aromatic rings. The van der Waals surface area contributed by atoms with Crippen LogP contribution >= 0.6 is 24.0 Å². The van der Waals surface area contributed by atoms with Crippen molar-refractivity contribution in [3.05, 3.63) is 35.9 Å². The maximum Gasteiger partial charge on any atom is 0.188 e. The third kappa shape index (κ3) is 4.36. The van der Waals surface area contributed by atoms with Gasteiger partial charge in [0.15, 0.2) is 5.96 Å². The second kappa shape index (κ2) is 7.86. The van der Waals surface area contributed by atoms with Gasteiger partial charge >= 0.3 is 0 Å². The van der Waals surface area contributed by atoms with Gasteiger partial charge in [-0.15, -0.1) is 24.0 Å². The Labute approximate surface area is 139 Å². The number of aliphatic imine (C=N–C) groups is 1. The van der Waals surface area contributed by atoms with E-state index in [-0.39, 0.29) is 29.4 Å². The second-order valence-electron chi connectivity index (χ2n) is 5.98. The summed E-state index contributed by atoms with van der Waals surface area (Å²) in [6.07, 6.45) is 3.74. The maximum absolute atomic E-state index is 5.92. The molecule has 3 nitrogen and oxygen atoms in total. The molecule has 112 valence electrons. The maximum atomic E-state index is 5.92. The van der Waals surface area contributed by atoms with Crippen LogP contribution in [-0.4, -0.2) is 19.0 Å². The number of nitrogens with two attached hydrogens (primary N) is 1. The molecule has 4 heteroatoms. The summed E-state index contributed by atoms with van der Waals surface area (Å²) in [5, 5.41) is 3.18. The van der Waals surface area contributed by atoms with E-state index in [1.54, 1.807) is 0 Å². The Kier molecular flexibility index (Phi) is 6.79. The van der Waals surface area contributed by atoms with Crippen LogP contribution in [0.4, 0.5) is 0 Å². The van der Waals surface area contributed by atoms with E-state index in [4.69, 9.17) is 5.73 Å². The zero-order chi connectivity index (χ0) is 13.7. The molecule has 0 unspecified atom stereocenters. The molecule has 1 fully saturated rings. The summed E-state index contributed by atoms with van der Waals surface area (Å²) in [4.78, 5) is 4.55. The number of hydrogen-bond acceptors (Lipinski definition) is 1. The number of benzene rings is 1. The second-order valence-corrected chi connectivity index (χ2v) is 5.98. The van der Waals surface area contributed by atoms with E-state index < -0.39 is 0 Å². The number of nitrogens with one attached hydrogen (secondary N) is 1. The first kappa shape index (κ1) is 17.3. The van der Waals surface area contributed by atoms with E-state index in [2.05, 4.69) is 54.5 Å². The molecule has 0 bridgehead atoms. The Morgan fingerprint density at radius 1 is 1.30 bits per heavy atom. The molecule has 0 amide bonds. The molecule has 1 aliphatic carbocycles. The van der Waals surface area contributed by atoms with Gasteiger partial charge in [0.2, 0.25) is 0 Å². The summed E-state index contributed by atoms with van der Waals surface area (Å²) in [7, 11) is 0. The standard InChI is InChI=1S/C16H25N3.HI/c1-13(2)11-18-15(17)19-12-16(9-6-10-16)14-7-4-3-5-8-14;/h3-5,7-8,13H,6,9-12H2,1-2H3,(H3,17,18,19);1H. The van der Waals surface area contributed by atoms with E-state index in [0.29, 0.717) is 11.9 Å². The average Bonchev–Trinajstić information content (AvgIpc) is 2.36. The molecule has 2 rings (SSSR count). The van der Waals surface area contributed by atoms with Gasteiger partial charge in [0.25, 0.3) is 0 Å². The summed E-state index contributed by atoms with van der Waals surface area (Å²) in [6.45, 7) is 6.01. The molecule has 20 heavy (non-hydrogen) atoms. The first-order chi connectivity index (χ1) is 9.12. The smallest absolute Gasteiger partial charge is 0.188 e. The first-order valence-electron chi connectivity index (χ1n) is 7.22. The molecule has 0 spiro atoms. The highest BCUT2D eigenvalue weighted by molar-refractivity contribution is 14.0. The monoisotopic (exact) mass is 387 g/mol. The van der Waals surface area contributed by atoms with Crippen LogP contribution in [0.5, 0.6) is 0 Å². The molecule has 0 atom stereocenters. The number of hydrogen-bond donors (Lipinski definition) is 2. The van der Waals surface area contributed by atoms with E-state index in [1.807, 2.05) is 0 Å². The molecule has 0 aliphatic heterocycles. The van der Waals surface area contributed by atoms with Gasteiger partial charge in [-0.05, 0) is 24.3 Å². The third-order valence-corrected chi connectivity index (χ3v) is 3.94. The fourth-order valence-electron chi connectivity index (χ4n) is 2.53. The molecular weight excluding hydrogens is 361 g/mol. The molecule has 1 aliphatic rings. The quantitative estimate of drug-likeness (QED) is 0.463. The highest BCUT2D eigenvalue weighted by Crippen LogP contribution is 2.43. The Morgan fingerprint density at radius 2 is 1.95 bits per heavy atom. The van der Waals surface area contributed by atoms with E-state index in [9.17, 15) is 0 Å². The highest BCUT2D eigenvalue weighted by atomic mass is 127. The lowest BCUT2D eigenvalue weighted by Crippen LogP contribution is -2.40. The van der Waals surface area contributed by atoms with Gasteiger partial charge in [-0.2, -0.15) is 0 Å². The molecule has 1 saturated carbocycles. The molecule has 0 saturated heterocycles. The normalized spacial score (nSPS) is 17.2. The minimum atomic E-state index is 0. The van der Waals surface area contributed by atoms with Gasteiger partial charge in [-0.25, -0.2) is 0 Å². The molecule has 3 N–H and O–H groups in total. The molecule has 0 aromatic heterocycles. The Hall–Kier alpha value is -0.780. The predicted octanol–water partition coefficient (Wildman–Crippen LogP) is 3.29. The van der Waals surface area contributed by atoms with E-state index >= 15 is 0 Å². The average molecular weight is 387 g/mol. The lowest BCUT2D eigenvalue weighted by Gasteiger charge is -2.41. The van der Waals surface area contributed by atoms with Gasteiger partial charge in [-0.3, -0.25) is 4.99 Å². The highest BCUT2D eigenvalue weighted by Gasteiger charge is 2.38. The summed E-state index contributed by atoms with van der Waals surface area (Å²) in [5.74, 6) is 1.16. The van der Waals surface area contributed by atoms with Gasteiger partial charge in [0, 0.05) is 12.0 Å². The molecule has 1 aromatic carbocycles. The predicted molar refractivity (Wildman–Crippen MR) is 96.7 cm³/mol. The summed E-state index contributed by atoms with van der Waals surface area (Å²) in [5.41, 5.74) is 7.56. The zero-order valence-corrected chi connectivity index (χ0v) is 14.8. The molecule has 0 heterocycles. The fraction of sp³-hybridized carbons (Fsp3) is 0.562. The van der Waals surface area contributed by atoms with Crippen LogP contribution in [0.3, 0.4) is 0 Å². The van der Waals surface area contributed by atoms with Gasteiger partial charge in [-0.1, -0.05) is 50.6 Å². The van der Waals surface area contributed by atoms with Crippen molar-refractivity contribution in [2.24, 2.45) is 16.6 Å². The topological polar surface area (TPSA) is 50.4 Å². The third-order valence-electron chi connectivity index (χ3n) is 3.94. The van der Waals surface area contributed by atoms with Crippen LogP contribution in [0, 0.1) is 5.92 Å². The van der Waals surface area contributed by atoms with Crippen molar-refractivity contribution >= 4 is 29.9 Å². The van der Waals surface area contributed by atoms with Crippen molar-refractivity contribution in [3.8, 4) is 0 Å². The van der Waals surface area contributed by atoms with Gasteiger partial charge in [0.05, 0.1) is 6.54 Å². The lowest BCUT2D eigenvalue weighted by molar-refractivity contribution is 0.253. The molecule has 0 radical (unpaired) electrons. The van der Waals surface area contributed by atoms with E-state index in [1.165, 1.54) is 24.8 Å². The van der Waals surface area contributed by atoms with Crippen molar-refractivity contribution in [2.75, 3.05) is 13.1 Å². The van der Waals surface area contributed by atoms with Crippen molar-refractivity contribution in [2.45, 2.75) is 38.5 Å².